The van der Waals surface area contributed by atoms with Crippen molar-refractivity contribution in [3.8, 4) is 11.3 Å². The molecule has 0 bridgehead atoms. The Bertz CT molecular complexity index is 1260. The number of fused-ring (bicyclic) bond motifs is 1. The summed E-state index contributed by atoms with van der Waals surface area (Å²) in [7, 11) is -1.82. The number of pyridine rings is 1. The Labute approximate surface area is 205 Å². The van der Waals surface area contributed by atoms with Gasteiger partial charge < -0.3 is 30.0 Å². The van der Waals surface area contributed by atoms with E-state index in [1.807, 2.05) is 0 Å². The Hall–Kier alpha value is -3.39. The largest absolute Gasteiger partial charge is 0.508 e. The van der Waals surface area contributed by atoms with Crippen LogP contribution in [-0.4, -0.2) is 72.8 Å². The zero-order valence-corrected chi connectivity index (χ0v) is 19.9. The molecular weight excluding hydrogens is 480 g/mol. The lowest BCUT2D eigenvalue weighted by molar-refractivity contribution is -0.137. The molecule has 4 heterocycles. The molecule has 1 aliphatic rings. The number of likely N-dealkylation sites (tertiary alicyclic amines) is 1. The van der Waals surface area contributed by atoms with Gasteiger partial charge >= 0.3 is 19.4 Å². The van der Waals surface area contributed by atoms with Crippen molar-refractivity contribution >= 4 is 35.8 Å². The van der Waals surface area contributed by atoms with Crippen LogP contribution in [0.25, 0.3) is 22.3 Å². The van der Waals surface area contributed by atoms with E-state index >= 15 is 0 Å². The average Bonchev–Trinajstić information content (AvgIpc) is 3.20. The summed E-state index contributed by atoms with van der Waals surface area (Å²) in [5.74, 6) is -0.0150. The van der Waals surface area contributed by atoms with Crippen LogP contribution in [0.15, 0.2) is 24.5 Å². The normalized spacial score (nSPS) is 16.8. The van der Waals surface area contributed by atoms with Crippen LogP contribution in [0.3, 0.4) is 0 Å². The second-order valence-corrected chi connectivity index (χ2v) is 9.57. The van der Waals surface area contributed by atoms with Crippen LogP contribution < -0.4 is 10.9 Å². The third-order valence-corrected chi connectivity index (χ3v) is 5.58. The van der Waals surface area contributed by atoms with Crippen molar-refractivity contribution in [2.24, 2.45) is 0 Å². The molecule has 1 fully saturated rings. The number of anilines is 1. The summed E-state index contributed by atoms with van der Waals surface area (Å²) in [6.45, 7) is 6.12. The Morgan fingerprint density at radius 1 is 1.25 bits per heavy atom. The first-order valence-electron chi connectivity index (χ1n) is 11.3. The molecule has 0 radical (unpaired) electrons. The monoisotopic (exact) mass is 506 g/mol. The van der Waals surface area contributed by atoms with Gasteiger partial charge in [0.25, 0.3) is 0 Å². The third-order valence-electron chi connectivity index (χ3n) is 5.58. The van der Waals surface area contributed by atoms with E-state index in [4.69, 9.17) is 4.74 Å². The van der Waals surface area contributed by atoms with Crippen LogP contribution >= 0.6 is 0 Å². The number of carbonyl (C=O) groups is 1. The molecule has 3 aromatic rings. The number of amides is 1. The number of ether oxygens (including phenoxy) is 1. The van der Waals surface area contributed by atoms with Crippen LogP contribution in [0, 0.1) is 0 Å². The summed E-state index contributed by atoms with van der Waals surface area (Å²) in [5.41, 5.74) is -1.77. The molecule has 1 saturated heterocycles. The molecule has 192 valence electrons. The van der Waals surface area contributed by atoms with Crippen LogP contribution in [0.5, 0.6) is 0 Å². The fourth-order valence-electron chi connectivity index (χ4n) is 3.99. The zero-order valence-electron chi connectivity index (χ0n) is 19.9. The second kappa shape index (κ2) is 9.58. The van der Waals surface area contributed by atoms with E-state index < -0.39 is 30.6 Å². The summed E-state index contributed by atoms with van der Waals surface area (Å²) in [4.78, 5) is 28.9. The first-order valence-corrected chi connectivity index (χ1v) is 11.3. The molecule has 1 amide bonds. The number of carbonyl (C=O) groups excluding carboxylic acids is 1. The summed E-state index contributed by atoms with van der Waals surface area (Å²) in [5, 5.41) is 22.0. The maximum Gasteiger partial charge on any atom is 0.508 e. The van der Waals surface area contributed by atoms with E-state index in [0.717, 1.165) is 6.20 Å². The van der Waals surface area contributed by atoms with Gasteiger partial charge in [0.15, 0.2) is 0 Å². The van der Waals surface area contributed by atoms with E-state index in [1.54, 1.807) is 25.7 Å². The molecule has 14 heteroatoms. The predicted molar refractivity (Wildman–Crippen MR) is 126 cm³/mol. The fraction of sp³-hybridized carbons (Fsp3) is 0.455. The third kappa shape index (κ3) is 5.70. The molecule has 0 aliphatic carbocycles. The average molecular weight is 506 g/mol. The number of nitrogens with zero attached hydrogens (tertiary/aromatic N) is 4. The van der Waals surface area contributed by atoms with Gasteiger partial charge in [0.2, 0.25) is 5.95 Å². The molecule has 0 aromatic carbocycles. The summed E-state index contributed by atoms with van der Waals surface area (Å²) in [6, 6.07) is 2.47. The predicted octanol–water partition coefficient (Wildman–Crippen LogP) is 2.53. The SMILES string of the molecule is CC(C)(C)OC(=O)N1CCC[C@H](Nc2ncc(C(F)(F)F)c(-c3c[nH]c4nc(B(O)O)ccc34)n2)C1. The molecule has 0 unspecified atom stereocenters. The molecule has 1 atom stereocenters. The summed E-state index contributed by atoms with van der Waals surface area (Å²) >= 11 is 0. The number of halogens is 3. The highest BCUT2D eigenvalue weighted by Crippen LogP contribution is 2.38. The number of hydrogen-bond acceptors (Lipinski definition) is 8. The lowest BCUT2D eigenvalue weighted by Gasteiger charge is -2.34. The molecule has 4 rings (SSSR count). The van der Waals surface area contributed by atoms with Crippen molar-refractivity contribution in [2.75, 3.05) is 18.4 Å². The zero-order chi connectivity index (χ0) is 26.3. The van der Waals surface area contributed by atoms with Crippen LogP contribution in [0.1, 0.15) is 39.2 Å². The van der Waals surface area contributed by atoms with Crippen LogP contribution in [0.4, 0.5) is 23.9 Å². The highest BCUT2D eigenvalue weighted by molar-refractivity contribution is 6.57. The number of piperidine rings is 1. The number of H-pyrrole nitrogens is 1. The van der Waals surface area contributed by atoms with E-state index in [1.165, 1.54) is 18.3 Å². The lowest BCUT2D eigenvalue weighted by Crippen LogP contribution is -2.47. The molecule has 10 nitrogen and oxygen atoms in total. The van der Waals surface area contributed by atoms with E-state index in [2.05, 4.69) is 25.3 Å². The molecule has 3 aromatic heterocycles. The van der Waals surface area contributed by atoms with Crippen molar-refractivity contribution in [1.29, 1.82) is 0 Å². The van der Waals surface area contributed by atoms with Gasteiger partial charge in [-0.2, -0.15) is 13.2 Å². The van der Waals surface area contributed by atoms with Crippen LogP contribution in [-0.2, 0) is 10.9 Å². The number of rotatable bonds is 4. The van der Waals surface area contributed by atoms with Gasteiger partial charge in [-0.25, -0.2) is 19.7 Å². The maximum absolute atomic E-state index is 13.8. The van der Waals surface area contributed by atoms with Gasteiger partial charge in [0.05, 0.1) is 11.3 Å². The van der Waals surface area contributed by atoms with Gasteiger partial charge in [0, 0.05) is 42.5 Å². The molecule has 36 heavy (non-hydrogen) atoms. The smallest absolute Gasteiger partial charge is 0.444 e. The van der Waals surface area contributed by atoms with Gasteiger partial charge in [-0.3, -0.25) is 0 Å². The quantitative estimate of drug-likeness (QED) is 0.397. The number of hydrogen-bond donors (Lipinski definition) is 4. The Balaban J connectivity index is 1.63. The molecule has 0 spiro atoms. The van der Waals surface area contributed by atoms with Crippen molar-refractivity contribution in [3.63, 3.8) is 0 Å². The standard InChI is InChI=1S/C22H26BF3N6O4/c1-21(2,3)36-20(33)32-8-4-5-12(11-32)29-19-28-10-15(22(24,25)26)17(31-19)14-9-27-18-13(14)6-7-16(30-18)23(34)35/h6-7,9-10,12,34-35H,4-5,8,11H2,1-3H3,(H,27,30)(H,28,29,31)/t12-/m0/s1. The van der Waals surface area contributed by atoms with Gasteiger partial charge in [-0.15, -0.1) is 0 Å². The maximum atomic E-state index is 13.8. The Kier molecular flexibility index (Phi) is 6.84. The van der Waals surface area contributed by atoms with Crippen molar-refractivity contribution in [3.05, 3.63) is 30.1 Å². The fourth-order valence-corrected chi connectivity index (χ4v) is 3.99. The van der Waals surface area contributed by atoms with Crippen molar-refractivity contribution in [2.45, 2.75) is 51.4 Å². The lowest BCUT2D eigenvalue weighted by atomic mass is 9.85. The van der Waals surface area contributed by atoms with Gasteiger partial charge in [0.1, 0.15) is 16.8 Å². The van der Waals surface area contributed by atoms with Crippen molar-refractivity contribution < 1.29 is 32.8 Å². The molecule has 0 saturated carbocycles. The first kappa shape index (κ1) is 25.7. The number of alkyl halides is 3. The first-order chi connectivity index (χ1) is 16.8. The summed E-state index contributed by atoms with van der Waals surface area (Å²) < 4.78 is 46.9. The number of aromatic amines is 1. The van der Waals surface area contributed by atoms with E-state index in [0.29, 0.717) is 24.8 Å². The molecule has 4 N–H and O–H groups in total. The van der Waals surface area contributed by atoms with Crippen molar-refractivity contribution in [1.82, 2.24) is 24.8 Å². The van der Waals surface area contributed by atoms with Gasteiger partial charge in [-0.1, -0.05) is 0 Å². The number of nitrogens with one attached hydrogen (secondary N) is 2. The van der Waals surface area contributed by atoms with Gasteiger partial charge in [-0.05, 0) is 45.7 Å². The Morgan fingerprint density at radius 2 is 2.00 bits per heavy atom. The minimum Gasteiger partial charge on any atom is -0.444 e. The highest BCUT2D eigenvalue weighted by atomic mass is 19.4. The van der Waals surface area contributed by atoms with E-state index in [9.17, 15) is 28.0 Å². The minimum atomic E-state index is -4.72. The number of aromatic nitrogens is 4. The summed E-state index contributed by atoms with van der Waals surface area (Å²) in [6.07, 6.45) is -1.78. The van der Waals surface area contributed by atoms with Crippen LogP contribution in [0.2, 0.25) is 0 Å². The topological polar surface area (TPSA) is 136 Å². The highest BCUT2D eigenvalue weighted by Gasteiger charge is 2.36. The molecular formula is C22H26BF3N6O4. The Morgan fingerprint density at radius 3 is 2.67 bits per heavy atom. The minimum absolute atomic E-state index is 0.0150. The van der Waals surface area contributed by atoms with E-state index in [-0.39, 0.29) is 41.0 Å². The second-order valence-electron chi connectivity index (χ2n) is 9.57. The molecule has 1 aliphatic heterocycles.